The van der Waals surface area contributed by atoms with Crippen molar-refractivity contribution in [3.05, 3.63) is 72.4 Å². The molecule has 0 bridgehead atoms. The SMILES string of the molecule is Cn1cnc(S(=O)(=O)N2C[C@@H](Nc3cccc(C(F)(F)F)c3)[C@H](c3ccccn3)C2)c1. The molecule has 0 radical (unpaired) electrons. The van der Waals surface area contributed by atoms with E-state index in [1.54, 1.807) is 31.4 Å². The van der Waals surface area contributed by atoms with E-state index in [4.69, 9.17) is 0 Å². The van der Waals surface area contributed by atoms with Crippen LogP contribution < -0.4 is 5.32 Å². The molecule has 0 amide bonds. The van der Waals surface area contributed by atoms with Gasteiger partial charge in [0, 0.05) is 55.9 Å². The summed E-state index contributed by atoms with van der Waals surface area (Å²) in [6, 6.07) is 9.70. The molecule has 1 fully saturated rings. The number of alkyl halides is 3. The summed E-state index contributed by atoms with van der Waals surface area (Å²) in [6.45, 7) is 0.197. The third-order valence-electron chi connectivity index (χ3n) is 5.18. The molecule has 0 saturated carbocycles. The lowest BCUT2D eigenvalue weighted by Crippen LogP contribution is -2.32. The number of aromatic nitrogens is 3. The number of anilines is 1. The van der Waals surface area contributed by atoms with E-state index in [0.29, 0.717) is 5.69 Å². The zero-order chi connectivity index (χ0) is 22.2. The summed E-state index contributed by atoms with van der Waals surface area (Å²) in [7, 11) is -2.19. The normalized spacial score (nSPS) is 20.1. The number of sulfonamides is 1. The van der Waals surface area contributed by atoms with Gasteiger partial charge in [0.05, 0.1) is 11.9 Å². The van der Waals surface area contributed by atoms with E-state index in [1.165, 1.54) is 33.5 Å². The molecule has 4 rings (SSSR count). The van der Waals surface area contributed by atoms with Gasteiger partial charge in [-0.2, -0.15) is 17.5 Å². The molecule has 3 heterocycles. The van der Waals surface area contributed by atoms with Crippen molar-refractivity contribution < 1.29 is 21.6 Å². The van der Waals surface area contributed by atoms with Gasteiger partial charge in [-0.3, -0.25) is 4.98 Å². The smallest absolute Gasteiger partial charge is 0.380 e. The summed E-state index contributed by atoms with van der Waals surface area (Å²) >= 11 is 0. The van der Waals surface area contributed by atoms with Crippen molar-refractivity contribution in [2.75, 3.05) is 18.4 Å². The van der Waals surface area contributed by atoms with Crippen LogP contribution in [-0.4, -0.2) is 46.4 Å². The molecule has 1 aliphatic heterocycles. The molecule has 2 aromatic heterocycles. The highest BCUT2D eigenvalue weighted by molar-refractivity contribution is 7.89. The number of aryl methyl sites for hydroxylation is 1. The van der Waals surface area contributed by atoms with Crippen LogP contribution in [0, 0.1) is 0 Å². The molecule has 1 saturated heterocycles. The molecule has 1 N–H and O–H groups in total. The van der Waals surface area contributed by atoms with Crippen molar-refractivity contribution in [1.82, 2.24) is 18.8 Å². The fourth-order valence-corrected chi connectivity index (χ4v) is 5.12. The molecular formula is C20H20F3N5O2S. The van der Waals surface area contributed by atoms with Crippen molar-refractivity contribution in [3.63, 3.8) is 0 Å². The van der Waals surface area contributed by atoms with Crippen LogP contribution in [0.4, 0.5) is 18.9 Å². The van der Waals surface area contributed by atoms with Gasteiger partial charge >= 0.3 is 6.18 Å². The van der Waals surface area contributed by atoms with Crippen LogP contribution in [0.15, 0.2) is 66.2 Å². The predicted molar refractivity (Wildman–Crippen MR) is 108 cm³/mol. The van der Waals surface area contributed by atoms with Crippen LogP contribution in [0.25, 0.3) is 0 Å². The van der Waals surface area contributed by atoms with E-state index < -0.39 is 27.8 Å². The minimum atomic E-state index is -4.47. The Morgan fingerprint density at radius 3 is 2.55 bits per heavy atom. The Morgan fingerprint density at radius 2 is 1.90 bits per heavy atom. The van der Waals surface area contributed by atoms with E-state index >= 15 is 0 Å². The number of halogens is 3. The lowest BCUT2D eigenvalue weighted by atomic mass is 9.98. The summed E-state index contributed by atoms with van der Waals surface area (Å²) in [5, 5.41) is 3.01. The lowest BCUT2D eigenvalue weighted by molar-refractivity contribution is -0.137. The largest absolute Gasteiger partial charge is 0.416 e. The van der Waals surface area contributed by atoms with Crippen LogP contribution in [0.2, 0.25) is 0 Å². The quantitative estimate of drug-likeness (QED) is 0.645. The summed E-state index contributed by atoms with van der Waals surface area (Å²) in [5.41, 5.74) is 0.145. The molecule has 1 aliphatic rings. The third-order valence-corrected chi connectivity index (χ3v) is 6.90. The number of nitrogens with zero attached hydrogens (tertiary/aromatic N) is 4. The van der Waals surface area contributed by atoms with Gasteiger partial charge in [-0.1, -0.05) is 12.1 Å². The first-order valence-corrected chi connectivity index (χ1v) is 10.9. The molecule has 0 unspecified atom stereocenters. The van der Waals surface area contributed by atoms with E-state index in [-0.39, 0.29) is 29.7 Å². The predicted octanol–water partition coefficient (Wildman–Crippen LogP) is 3.10. The van der Waals surface area contributed by atoms with E-state index in [0.717, 1.165) is 12.1 Å². The van der Waals surface area contributed by atoms with Gasteiger partial charge in [0.1, 0.15) is 0 Å². The molecule has 164 valence electrons. The van der Waals surface area contributed by atoms with Crippen molar-refractivity contribution in [3.8, 4) is 0 Å². The van der Waals surface area contributed by atoms with Crippen LogP contribution in [-0.2, 0) is 23.2 Å². The molecule has 7 nitrogen and oxygen atoms in total. The van der Waals surface area contributed by atoms with Gasteiger partial charge in [0.25, 0.3) is 10.0 Å². The topological polar surface area (TPSA) is 80.1 Å². The molecule has 1 aromatic carbocycles. The van der Waals surface area contributed by atoms with Gasteiger partial charge in [0.15, 0.2) is 5.03 Å². The zero-order valence-electron chi connectivity index (χ0n) is 16.5. The number of hydrogen-bond donors (Lipinski definition) is 1. The minimum Gasteiger partial charge on any atom is -0.380 e. The fraction of sp³-hybridized carbons (Fsp3) is 0.300. The Hall–Kier alpha value is -2.92. The molecule has 3 aromatic rings. The maximum absolute atomic E-state index is 13.1. The van der Waals surface area contributed by atoms with Crippen LogP contribution in [0.1, 0.15) is 17.2 Å². The maximum atomic E-state index is 13.1. The maximum Gasteiger partial charge on any atom is 0.416 e. The summed E-state index contributed by atoms with van der Waals surface area (Å²) < 4.78 is 68.2. The average molecular weight is 451 g/mol. The van der Waals surface area contributed by atoms with Crippen molar-refractivity contribution >= 4 is 15.7 Å². The number of nitrogens with one attached hydrogen (secondary N) is 1. The summed E-state index contributed by atoms with van der Waals surface area (Å²) in [6.07, 6.45) is -0.0507. The van der Waals surface area contributed by atoms with Crippen LogP contribution in [0.5, 0.6) is 0 Å². The molecule has 2 atom stereocenters. The second kappa shape index (κ2) is 7.97. The second-order valence-electron chi connectivity index (χ2n) is 7.39. The van der Waals surface area contributed by atoms with E-state index in [2.05, 4.69) is 15.3 Å². The molecular weight excluding hydrogens is 431 g/mol. The van der Waals surface area contributed by atoms with Gasteiger partial charge in [-0.25, -0.2) is 13.4 Å². The highest BCUT2D eigenvalue weighted by atomic mass is 32.2. The average Bonchev–Trinajstić information content (AvgIpc) is 3.36. The highest BCUT2D eigenvalue weighted by Crippen LogP contribution is 2.34. The van der Waals surface area contributed by atoms with Crippen LogP contribution >= 0.6 is 0 Å². The van der Waals surface area contributed by atoms with E-state index in [9.17, 15) is 21.6 Å². The van der Waals surface area contributed by atoms with Crippen molar-refractivity contribution in [2.45, 2.75) is 23.2 Å². The number of imidazole rings is 1. The molecule has 31 heavy (non-hydrogen) atoms. The fourth-order valence-electron chi connectivity index (χ4n) is 3.66. The van der Waals surface area contributed by atoms with E-state index in [1.807, 2.05) is 0 Å². The second-order valence-corrected chi connectivity index (χ2v) is 9.27. The first-order chi connectivity index (χ1) is 14.6. The highest BCUT2D eigenvalue weighted by Gasteiger charge is 2.41. The Morgan fingerprint density at radius 1 is 1.10 bits per heavy atom. The van der Waals surface area contributed by atoms with Crippen molar-refractivity contribution in [1.29, 1.82) is 0 Å². The number of pyridine rings is 1. The van der Waals surface area contributed by atoms with Gasteiger partial charge in [0.2, 0.25) is 0 Å². The first kappa shape index (κ1) is 21.3. The number of benzene rings is 1. The third kappa shape index (κ3) is 4.42. The number of hydrogen-bond acceptors (Lipinski definition) is 5. The molecule has 0 spiro atoms. The Balaban J connectivity index is 1.65. The van der Waals surface area contributed by atoms with Gasteiger partial charge in [-0.15, -0.1) is 0 Å². The first-order valence-electron chi connectivity index (χ1n) is 9.47. The minimum absolute atomic E-state index is 0.0659. The van der Waals surface area contributed by atoms with Crippen LogP contribution in [0.3, 0.4) is 0 Å². The zero-order valence-corrected chi connectivity index (χ0v) is 17.3. The Kier molecular flexibility index (Phi) is 5.48. The lowest BCUT2D eigenvalue weighted by Gasteiger charge is -2.21. The monoisotopic (exact) mass is 451 g/mol. The number of rotatable bonds is 5. The molecule has 11 heteroatoms. The summed E-state index contributed by atoms with van der Waals surface area (Å²) in [4.78, 5) is 8.29. The van der Waals surface area contributed by atoms with Gasteiger partial charge < -0.3 is 9.88 Å². The Bertz CT molecular complexity index is 1160. The molecule has 0 aliphatic carbocycles. The Labute approximate surface area is 177 Å². The summed E-state index contributed by atoms with van der Waals surface area (Å²) in [5.74, 6) is -0.353. The standard InChI is InChI=1S/C20H20F3N5O2S/c1-27-12-19(25-13-27)31(29,30)28-10-16(17-7-2-3-8-24-17)18(11-28)26-15-6-4-5-14(9-15)20(21,22)23/h2-9,12-13,16,18,26H,10-11H2,1H3/t16-,18+/m0/s1. The van der Waals surface area contributed by atoms with Crippen molar-refractivity contribution in [2.24, 2.45) is 7.05 Å². The van der Waals surface area contributed by atoms with Gasteiger partial charge in [-0.05, 0) is 30.3 Å².